The van der Waals surface area contributed by atoms with Crippen LogP contribution in [-0.2, 0) is 23.0 Å². The zero-order chi connectivity index (χ0) is 21.1. The van der Waals surface area contributed by atoms with Crippen LogP contribution < -0.4 is 10.7 Å². The molecular weight excluding hydrogens is 418 g/mol. The van der Waals surface area contributed by atoms with Crippen LogP contribution in [0.4, 0.5) is 5.00 Å². The van der Waals surface area contributed by atoms with Gasteiger partial charge in [0.1, 0.15) is 10.7 Å². The maximum absolute atomic E-state index is 12.5. The van der Waals surface area contributed by atoms with Crippen LogP contribution in [0.1, 0.15) is 58.0 Å². The maximum Gasteiger partial charge on any atom is 0.341 e. The highest BCUT2D eigenvalue weighted by Crippen LogP contribution is 2.38. The number of aryl methyl sites for hydroxylation is 1. The molecule has 0 fully saturated rings. The molecule has 29 heavy (non-hydrogen) atoms. The molecule has 3 rings (SSSR count). The number of halogens is 1. The van der Waals surface area contributed by atoms with E-state index < -0.39 is 11.9 Å². The molecule has 0 saturated carbocycles. The van der Waals surface area contributed by atoms with Gasteiger partial charge in [-0.2, -0.15) is 10.2 Å². The SMILES string of the molecule is CCOC(=O)c1c(NC(C)=O)sc2c1CCCC2=NNC(=O)c1c(Cl)cnn1C. The first-order valence-corrected chi connectivity index (χ1v) is 10.2. The Bertz CT molecular complexity index is 991. The van der Waals surface area contributed by atoms with Gasteiger partial charge >= 0.3 is 5.97 Å². The molecule has 0 unspecified atom stereocenters. The number of aromatic nitrogens is 2. The van der Waals surface area contributed by atoms with E-state index in [4.69, 9.17) is 16.3 Å². The standard InChI is InChI=1S/C18H20ClN5O4S/c1-4-28-18(27)13-10-6-5-7-12(15(10)29-17(13)21-9(2)25)22-23-16(26)14-11(19)8-20-24(14)3/h8H,4-7H2,1-3H3,(H,21,25)(H,23,26). The highest BCUT2D eigenvalue weighted by atomic mass is 35.5. The van der Waals surface area contributed by atoms with E-state index in [0.717, 1.165) is 16.9 Å². The van der Waals surface area contributed by atoms with E-state index >= 15 is 0 Å². The summed E-state index contributed by atoms with van der Waals surface area (Å²) < 4.78 is 6.53. The Labute approximate surface area is 176 Å². The van der Waals surface area contributed by atoms with Crippen LogP contribution in [0.25, 0.3) is 0 Å². The Kier molecular flexibility index (Phi) is 6.33. The molecular formula is C18H20ClN5O4S. The molecule has 2 heterocycles. The lowest BCUT2D eigenvalue weighted by Crippen LogP contribution is -2.24. The molecule has 11 heteroatoms. The second-order valence-electron chi connectivity index (χ2n) is 6.33. The molecule has 2 aromatic rings. The fraction of sp³-hybridized carbons (Fsp3) is 0.389. The number of ether oxygens (including phenoxy) is 1. The van der Waals surface area contributed by atoms with Gasteiger partial charge in [-0.1, -0.05) is 11.6 Å². The van der Waals surface area contributed by atoms with Crippen molar-refractivity contribution in [3.05, 3.63) is 32.9 Å². The van der Waals surface area contributed by atoms with Crippen LogP contribution >= 0.6 is 22.9 Å². The van der Waals surface area contributed by atoms with Crippen molar-refractivity contribution >= 4 is 51.4 Å². The molecule has 0 saturated heterocycles. The van der Waals surface area contributed by atoms with Crippen LogP contribution in [0.15, 0.2) is 11.3 Å². The number of thiophene rings is 1. The molecule has 2 amide bonds. The van der Waals surface area contributed by atoms with Gasteiger partial charge in [0.2, 0.25) is 5.91 Å². The van der Waals surface area contributed by atoms with E-state index in [1.807, 2.05) is 0 Å². The van der Waals surface area contributed by atoms with Gasteiger partial charge in [0.25, 0.3) is 5.91 Å². The second kappa shape index (κ2) is 8.75. The van der Waals surface area contributed by atoms with Gasteiger partial charge in [-0.3, -0.25) is 14.3 Å². The molecule has 154 valence electrons. The van der Waals surface area contributed by atoms with Gasteiger partial charge in [0.15, 0.2) is 0 Å². The van der Waals surface area contributed by atoms with Gasteiger partial charge in [-0.05, 0) is 31.7 Å². The van der Waals surface area contributed by atoms with Crippen molar-refractivity contribution in [1.29, 1.82) is 0 Å². The predicted octanol–water partition coefficient (Wildman–Crippen LogP) is 2.74. The van der Waals surface area contributed by atoms with Crippen LogP contribution in [0.5, 0.6) is 0 Å². The van der Waals surface area contributed by atoms with E-state index in [1.54, 1.807) is 14.0 Å². The van der Waals surface area contributed by atoms with Crippen molar-refractivity contribution in [2.75, 3.05) is 11.9 Å². The van der Waals surface area contributed by atoms with Crippen molar-refractivity contribution in [3.8, 4) is 0 Å². The summed E-state index contributed by atoms with van der Waals surface area (Å²) >= 11 is 7.25. The van der Waals surface area contributed by atoms with Crippen LogP contribution in [-0.4, -0.2) is 39.9 Å². The zero-order valence-electron chi connectivity index (χ0n) is 16.2. The molecule has 1 aliphatic rings. The quantitative estimate of drug-likeness (QED) is 0.551. The van der Waals surface area contributed by atoms with Crippen molar-refractivity contribution in [2.24, 2.45) is 12.1 Å². The predicted molar refractivity (Wildman–Crippen MR) is 110 cm³/mol. The fourth-order valence-corrected chi connectivity index (χ4v) is 4.65. The molecule has 0 atom stereocenters. The Morgan fingerprint density at radius 3 is 2.76 bits per heavy atom. The lowest BCUT2D eigenvalue weighted by atomic mass is 9.94. The zero-order valence-corrected chi connectivity index (χ0v) is 17.7. The number of hydrazone groups is 1. The van der Waals surface area contributed by atoms with E-state index in [-0.39, 0.29) is 23.2 Å². The van der Waals surface area contributed by atoms with Gasteiger partial charge in [-0.15, -0.1) is 11.3 Å². The molecule has 1 aliphatic carbocycles. The Morgan fingerprint density at radius 1 is 1.38 bits per heavy atom. The topological polar surface area (TPSA) is 115 Å². The number of carbonyl (C=O) groups excluding carboxylic acids is 3. The summed E-state index contributed by atoms with van der Waals surface area (Å²) in [4.78, 5) is 37.2. The van der Waals surface area contributed by atoms with Crippen LogP contribution in [0.2, 0.25) is 5.02 Å². The minimum absolute atomic E-state index is 0.198. The molecule has 0 aromatic carbocycles. The Hall–Kier alpha value is -2.72. The number of esters is 1. The van der Waals surface area contributed by atoms with Crippen molar-refractivity contribution in [3.63, 3.8) is 0 Å². The monoisotopic (exact) mass is 437 g/mol. The second-order valence-corrected chi connectivity index (χ2v) is 7.76. The van der Waals surface area contributed by atoms with Crippen LogP contribution in [0.3, 0.4) is 0 Å². The van der Waals surface area contributed by atoms with E-state index in [9.17, 15) is 14.4 Å². The van der Waals surface area contributed by atoms with Gasteiger partial charge in [-0.25, -0.2) is 10.2 Å². The summed E-state index contributed by atoms with van der Waals surface area (Å²) in [5.41, 5.74) is 4.47. The average Bonchev–Trinajstić information content (AvgIpc) is 3.19. The summed E-state index contributed by atoms with van der Waals surface area (Å²) in [6, 6.07) is 0. The summed E-state index contributed by atoms with van der Waals surface area (Å²) in [6.07, 6.45) is 3.40. The smallest absolute Gasteiger partial charge is 0.341 e. The first-order chi connectivity index (χ1) is 13.8. The first-order valence-electron chi connectivity index (χ1n) is 8.98. The third kappa shape index (κ3) is 4.33. The fourth-order valence-electron chi connectivity index (χ4n) is 3.09. The first kappa shape index (κ1) is 21.0. The third-order valence-electron chi connectivity index (χ3n) is 4.28. The largest absolute Gasteiger partial charge is 0.462 e. The normalized spacial score (nSPS) is 14.4. The van der Waals surface area contributed by atoms with Gasteiger partial charge in [0.05, 0.1) is 34.0 Å². The van der Waals surface area contributed by atoms with E-state index in [2.05, 4.69) is 20.9 Å². The minimum Gasteiger partial charge on any atom is -0.462 e. The molecule has 0 radical (unpaired) electrons. The van der Waals surface area contributed by atoms with E-state index in [0.29, 0.717) is 29.1 Å². The molecule has 0 spiro atoms. The molecule has 2 N–H and O–H groups in total. The lowest BCUT2D eigenvalue weighted by molar-refractivity contribution is -0.114. The molecule has 0 aliphatic heterocycles. The number of carbonyl (C=O) groups is 3. The number of amides is 2. The summed E-state index contributed by atoms with van der Waals surface area (Å²) in [7, 11) is 1.61. The third-order valence-corrected chi connectivity index (χ3v) is 5.75. The van der Waals surface area contributed by atoms with Crippen molar-refractivity contribution < 1.29 is 19.1 Å². The summed E-state index contributed by atoms with van der Waals surface area (Å²) in [6.45, 7) is 3.33. The Morgan fingerprint density at radius 2 is 2.14 bits per heavy atom. The summed E-state index contributed by atoms with van der Waals surface area (Å²) in [5.74, 6) is -1.26. The highest BCUT2D eigenvalue weighted by molar-refractivity contribution is 7.19. The number of fused-ring (bicyclic) bond motifs is 1. The number of anilines is 1. The number of hydrogen-bond acceptors (Lipinski definition) is 7. The highest BCUT2D eigenvalue weighted by Gasteiger charge is 2.30. The maximum atomic E-state index is 12.5. The Balaban J connectivity index is 1.95. The van der Waals surface area contributed by atoms with Gasteiger partial charge < -0.3 is 10.1 Å². The van der Waals surface area contributed by atoms with E-state index in [1.165, 1.54) is 29.1 Å². The minimum atomic E-state index is -0.487. The lowest BCUT2D eigenvalue weighted by Gasteiger charge is -2.15. The van der Waals surface area contributed by atoms with Crippen LogP contribution in [0, 0.1) is 0 Å². The number of nitrogens with zero attached hydrogens (tertiary/aromatic N) is 3. The van der Waals surface area contributed by atoms with Crippen molar-refractivity contribution in [1.82, 2.24) is 15.2 Å². The van der Waals surface area contributed by atoms with Gasteiger partial charge in [0, 0.05) is 14.0 Å². The number of rotatable bonds is 5. The number of hydrogen-bond donors (Lipinski definition) is 2. The molecule has 0 bridgehead atoms. The average molecular weight is 438 g/mol. The number of nitrogens with one attached hydrogen (secondary N) is 2. The molecule has 2 aromatic heterocycles. The molecule has 9 nitrogen and oxygen atoms in total. The van der Waals surface area contributed by atoms with Crippen molar-refractivity contribution in [2.45, 2.75) is 33.1 Å². The summed E-state index contributed by atoms with van der Waals surface area (Å²) in [5, 5.41) is 11.6.